The summed E-state index contributed by atoms with van der Waals surface area (Å²) in [6.45, 7) is 3.98. The molecular weight excluding hydrogens is 276 g/mol. The lowest BCUT2D eigenvalue weighted by Crippen LogP contribution is -2.32. The Hall–Kier alpha value is -0.820. The molecule has 0 aromatic carbocycles. The number of guanidine groups is 1. The lowest BCUT2D eigenvalue weighted by molar-refractivity contribution is 0.585. The normalized spacial score (nSPS) is 12.6. The molecule has 4 N–H and O–H groups in total. The van der Waals surface area contributed by atoms with Gasteiger partial charge in [0.2, 0.25) is 10.0 Å². The second-order valence-corrected chi connectivity index (χ2v) is 6.81. The van der Waals surface area contributed by atoms with Crippen LogP contribution in [0.2, 0.25) is 0 Å². The number of rotatable bonds is 12. The van der Waals surface area contributed by atoms with Gasteiger partial charge in [0.05, 0.1) is 6.26 Å². The van der Waals surface area contributed by atoms with Gasteiger partial charge in [-0.15, -0.1) is 0 Å². The standard InChI is InChI=1S/C13H30N4O2S/c1-3-4-5-6-7-8-10-15-13(14)16-11-9-12-17-20(2,18)19/h17H,3-12H2,1-2H3,(H3,14,15,16). The molecule has 0 fully saturated rings. The fourth-order valence-electron chi connectivity index (χ4n) is 1.71. The molecule has 0 atom stereocenters. The predicted molar refractivity (Wildman–Crippen MR) is 85.3 cm³/mol. The highest BCUT2D eigenvalue weighted by atomic mass is 32.2. The van der Waals surface area contributed by atoms with Gasteiger partial charge in [-0.1, -0.05) is 39.0 Å². The Balaban J connectivity index is 3.42. The van der Waals surface area contributed by atoms with E-state index in [0.29, 0.717) is 25.5 Å². The third-order valence-corrected chi connectivity index (χ3v) is 3.55. The highest BCUT2D eigenvalue weighted by molar-refractivity contribution is 7.88. The summed E-state index contributed by atoms with van der Waals surface area (Å²) in [5.41, 5.74) is 5.70. The van der Waals surface area contributed by atoms with Gasteiger partial charge in [0.25, 0.3) is 0 Å². The summed E-state index contributed by atoms with van der Waals surface area (Å²) in [6.07, 6.45) is 9.30. The molecule has 0 spiro atoms. The van der Waals surface area contributed by atoms with Crippen LogP contribution in [0.5, 0.6) is 0 Å². The number of hydrogen-bond acceptors (Lipinski definition) is 3. The molecule has 0 saturated carbocycles. The molecule has 0 aliphatic heterocycles. The lowest BCUT2D eigenvalue weighted by atomic mass is 10.1. The van der Waals surface area contributed by atoms with Gasteiger partial charge in [-0.25, -0.2) is 13.1 Å². The molecular formula is C13H30N4O2S. The quantitative estimate of drug-likeness (QED) is 0.287. The van der Waals surface area contributed by atoms with Crippen LogP contribution in [-0.4, -0.2) is 40.3 Å². The molecule has 20 heavy (non-hydrogen) atoms. The molecule has 7 heteroatoms. The Bertz CT molecular complexity index is 355. The number of nitrogens with zero attached hydrogens (tertiary/aromatic N) is 1. The Morgan fingerprint density at radius 3 is 2.35 bits per heavy atom. The Kier molecular flexibility index (Phi) is 11.5. The molecule has 0 amide bonds. The van der Waals surface area contributed by atoms with Crippen LogP contribution in [0.25, 0.3) is 0 Å². The van der Waals surface area contributed by atoms with Gasteiger partial charge in [0.15, 0.2) is 5.96 Å². The summed E-state index contributed by atoms with van der Waals surface area (Å²) >= 11 is 0. The molecule has 0 rings (SSSR count). The van der Waals surface area contributed by atoms with Gasteiger partial charge in [-0.2, -0.15) is 0 Å². The van der Waals surface area contributed by atoms with Gasteiger partial charge >= 0.3 is 0 Å². The van der Waals surface area contributed by atoms with E-state index in [1.165, 1.54) is 32.1 Å². The first kappa shape index (κ1) is 19.2. The molecule has 120 valence electrons. The fourth-order valence-corrected chi connectivity index (χ4v) is 2.23. The van der Waals surface area contributed by atoms with Gasteiger partial charge in [0.1, 0.15) is 0 Å². The molecule has 0 aliphatic carbocycles. The van der Waals surface area contributed by atoms with Crippen LogP contribution in [0.3, 0.4) is 0 Å². The van der Waals surface area contributed by atoms with E-state index in [9.17, 15) is 8.42 Å². The van der Waals surface area contributed by atoms with E-state index in [-0.39, 0.29) is 0 Å². The monoisotopic (exact) mass is 306 g/mol. The minimum Gasteiger partial charge on any atom is -0.370 e. The van der Waals surface area contributed by atoms with E-state index >= 15 is 0 Å². The maximum absolute atomic E-state index is 10.8. The van der Waals surface area contributed by atoms with Crippen molar-refractivity contribution in [2.75, 3.05) is 25.9 Å². The van der Waals surface area contributed by atoms with E-state index in [1.54, 1.807) is 0 Å². The van der Waals surface area contributed by atoms with Gasteiger partial charge in [-0.3, -0.25) is 4.99 Å². The summed E-state index contributed by atoms with van der Waals surface area (Å²) in [5.74, 6) is 0.443. The van der Waals surface area contributed by atoms with Crippen LogP contribution in [0.4, 0.5) is 0 Å². The molecule has 0 aliphatic rings. The molecule has 6 nitrogen and oxygen atoms in total. The summed E-state index contributed by atoms with van der Waals surface area (Å²) < 4.78 is 24.0. The van der Waals surface area contributed by atoms with Crippen molar-refractivity contribution in [1.82, 2.24) is 10.0 Å². The van der Waals surface area contributed by atoms with Crippen molar-refractivity contribution in [1.29, 1.82) is 0 Å². The molecule has 0 aromatic rings. The fraction of sp³-hybridized carbons (Fsp3) is 0.923. The first-order valence-electron chi connectivity index (χ1n) is 7.44. The SMILES string of the molecule is CCCCCCCCNC(N)=NCCCNS(C)(=O)=O. The molecule has 0 heterocycles. The van der Waals surface area contributed by atoms with Crippen LogP contribution in [0.15, 0.2) is 4.99 Å². The van der Waals surface area contributed by atoms with Crippen LogP contribution in [-0.2, 0) is 10.0 Å². The predicted octanol–water partition coefficient (Wildman–Crippen LogP) is 1.19. The number of aliphatic imine (C=N–C) groups is 1. The second kappa shape index (κ2) is 12.0. The summed E-state index contributed by atoms with van der Waals surface area (Å²) in [5, 5.41) is 3.07. The minimum atomic E-state index is -3.10. The molecule has 0 bridgehead atoms. The van der Waals surface area contributed by atoms with Crippen molar-refractivity contribution in [3.05, 3.63) is 0 Å². The van der Waals surface area contributed by atoms with Gasteiger partial charge in [0, 0.05) is 19.6 Å². The van der Waals surface area contributed by atoms with E-state index in [1.807, 2.05) is 0 Å². The van der Waals surface area contributed by atoms with Crippen molar-refractivity contribution >= 4 is 16.0 Å². The zero-order chi connectivity index (χ0) is 15.3. The second-order valence-electron chi connectivity index (χ2n) is 4.98. The zero-order valence-electron chi connectivity index (χ0n) is 12.8. The average molecular weight is 306 g/mol. The summed E-state index contributed by atoms with van der Waals surface area (Å²) in [4.78, 5) is 4.14. The highest BCUT2D eigenvalue weighted by Crippen LogP contribution is 2.03. The third-order valence-electron chi connectivity index (χ3n) is 2.82. The van der Waals surface area contributed by atoms with E-state index in [2.05, 4.69) is 22.0 Å². The van der Waals surface area contributed by atoms with Crippen molar-refractivity contribution < 1.29 is 8.42 Å². The largest absolute Gasteiger partial charge is 0.370 e. The summed E-state index contributed by atoms with van der Waals surface area (Å²) in [6, 6.07) is 0. The first-order valence-corrected chi connectivity index (χ1v) is 9.33. The Morgan fingerprint density at radius 1 is 1.05 bits per heavy atom. The number of nitrogens with one attached hydrogen (secondary N) is 2. The van der Waals surface area contributed by atoms with Crippen LogP contribution in [0, 0.1) is 0 Å². The number of nitrogens with two attached hydrogens (primary N) is 1. The van der Waals surface area contributed by atoms with E-state index in [4.69, 9.17) is 5.73 Å². The number of unbranched alkanes of at least 4 members (excludes halogenated alkanes) is 5. The number of sulfonamides is 1. The molecule has 0 saturated heterocycles. The number of hydrogen-bond donors (Lipinski definition) is 3. The minimum absolute atomic E-state index is 0.396. The van der Waals surface area contributed by atoms with E-state index in [0.717, 1.165) is 19.2 Å². The van der Waals surface area contributed by atoms with Crippen LogP contribution in [0.1, 0.15) is 51.9 Å². The van der Waals surface area contributed by atoms with Crippen LogP contribution < -0.4 is 15.8 Å². The topological polar surface area (TPSA) is 96.6 Å². The Morgan fingerprint density at radius 2 is 1.70 bits per heavy atom. The van der Waals surface area contributed by atoms with Crippen molar-refractivity contribution in [2.45, 2.75) is 51.9 Å². The lowest BCUT2D eigenvalue weighted by Gasteiger charge is -2.05. The zero-order valence-corrected chi connectivity index (χ0v) is 13.6. The molecule has 0 aromatic heterocycles. The van der Waals surface area contributed by atoms with Crippen LogP contribution >= 0.6 is 0 Å². The van der Waals surface area contributed by atoms with Gasteiger partial charge < -0.3 is 11.1 Å². The van der Waals surface area contributed by atoms with Crippen molar-refractivity contribution in [2.24, 2.45) is 10.7 Å². The third kappa shape index (κ3) is 15.2. The van der Waals surface area contributed by atoms with E-state index < -0.39 is 10.0 Å². The van der Waals surface area contributed by atoms with Crippen molar-refractivity contribution in [3.63, 3.8) is 0 Å². The smallest absolute Gasteiger partial charge is 0.208 e. The van der Waals surface area contributed by atoms with Crippen molar-refractivity contribution in [3.8, 4) is 0 Å². The maximum atomic E-state index is 10.8. The molecule has 0 radical (unpaired) electrons. The highest BCUT2D eigenvalue weighted by Gasteiger charge is 1.98. The summed E-state index contributed by atoms with van der Waals surface area (Å²) in [7, 11) is -3.10. The molecule has 0 unspecified atom stereocenters. The van der Waals surface area contributed by atoms with Gasteiger partial charge in [-0.05, 0) is 12.8 Å². The Labute approximate surface area is 123 Å². The maximum Gasteiger partial charge on any atom is 0.208 e. The first-order chi connectivity index (χ1) is 9.45. The average Bonchev–Trinajstić information content (AvgIpc) is 2.36.